The lowest BCUT2D eigenvalue weighted by Gasteiger charge is -2.15. The number of carbonyl (C=O) groups excluding carboxylic acids is 1. The Balaban J connectivity index is 2.38. The first-order valence-corrected chi connectivity index (χ1v) is 7.19. The van der Waals surface area contributed by atoms with Gasteiger partial charge >= 0.3 is 5.97 Å². The number of methoxy groups -OCH3 is 2. The standard InChI is InChI=1S/C18H17FO5/c1-23-13-6-3-11(4-7-13)18(22)14(10-17(20)21)12-5-8-16(24-2)15(19)9-12/h3-9,14H,10H2,1-2H3,(H,20,21). The van der Waals surface area contributed by atoms with Gasteiger partial charge in [0.25, 0.3) is 0 Å². The van der Waals surface area contributed by atoms with Crippen LogP contribution >= 0.6 is 0 Å². The van der Waals surface area contributed by atoms with Crippen LogP contribution in [0.15, 0.2) is 42.5 Å². The van der Waals surface area contributed by atoms with Crippen LogP contribution in [0, 0.1) is 5.82 Å². The second-order valence-electron chi connectivity index (χ2n) is 5.14. The number of carbonyl (C=O) groups is 2. The zero-order valence-corrected chi connectivity index (χ0v) is 13.3. The Hall–Kier alpha value is -2.89. The molecular weight excluding hydrogens is 315 g/mol. The van der Waals surface area contributed by atoms with E-state index in [-0.39, 0.29) is 11.3 Å². The summed E-state index contributed by atoms with van der Waals surface area (Å²) >= 11 is 0. The summed E-state index contributed by atoms with van der Waals surface area (Å²) < 4.78 is 23.8. The molecule has 0 saturated carbocycles. The molecule has 24 heavy (non-hydrogen) atoms. The Morgan fingerprint density at radius 3 is 2.25 bits per heavy atom. The molecule has 0 aliphatic rings. The van der Waals surface area contributed by atoms with Gasteiger partial charge in [0.2, 0.25) is 0 Å². The second kappa shape index (κ2) is 7.59. The van der Waals surface area contributed by atoms with Gasteiger partial charge in [-0.25, -0.2) is 4.39 Å². The molecule has 0 saturated heterocycles. The zero-order valence-electron chi connectivity index (χ0n) is 13.3. The van der Waals surface area contributed by atoms with E-state index in [4.69, 9.17) is 14.6 Å². The lowest BCUT2D eigenvalue weighted by Crippen LogP contribution is -2.17. The Labute approximate surface area is 138 Å². The molecule has 0 heterocycles. The average Bonchev–Trinajstić information content (AvgIpc) is 2.59. The van der Waals surface area contributed by atoms with Crippen LogP contribution in [0.5, 0.6) is 11.5 Å². The third kappa shape index (κ3) is 3.90. The summed E-state index contributed by atoms with van der Waals surface area (Å²) in [4.78, 5) is 23.8. The van der Waals surface area contributed by atoms with Crippen LogP contribution in [-0.4, -0.2) is 31.1 Å². The van der Waals surface area contributed by atoms with Crippen molar-refractivity contribution >= 4 is 11.8 Å². The Morgan fingerprint density at radius 1 is 1.08 bits per heavy atom. The monoisotopic (exact) mass is 332 g/mol. The molecule has 0 radical (unpaired) electrons. The zero-order chi connectivity index (χ0) is 17.7. The summed E-state index contributed by atoms with van der Waals surface area (Å²) in [6.07, 6.45) is -0.434. The molecule has 1 atom stereocenters. The number of aliphatic carboxylic acids is 1. The quantitative estimate of drug-likeness (QED) is 0.788. The summed E-state index contributed by atoms with van der Waals surface area (Å²) in [6.45, 7) is 0. The number of ether oxygens (including phenoxy) is 2. The molecule has 0 bridgehead atoms. The third-order valence-electron chi connectivity index (χ3n) is 3.65. The minimum atomic E-state index is -1.14. The summed E-state index contributed by atoms with van der Waals surface area (Å²) in [5.41, 5.74) is 0.620. The van der Waals surface area contributed by atoms with Crippen molar-refractivity contribution in [3.63, 3.8) is 0 Å². The molecule has 0 aliphatic heterocycles. The fourth-order valence-electron chi connectivity index (χ4n) is 2.39. The van der Waals surface area contributed by atoms with E-state index in [1.807, 2.05) is 0 Å². The van der Waals surface area contributed by atoms with Crippen LogP contribution in [0.2, 0.25) is 0 Å². The highest BCUT2D eigenvalue weighted by molar-refractivity contribution is 6.02. The van der Waals surface area contributed by atoms with Gasteiger partial charge in [-0.05, 0) is 42.0 Å². The first kappa shape index (κ1) is 17.5. The molecule has 2 rings (SSSR count). The van der Waals surface area contributed by atoms with E-state index in [0.29, 0.717) is 11.3 Å². The van der Waals surface area contributed by atoms with Crippen LogP contribution < -0.4 is 9.47 Å². The maximum absolute atomic E-state index is 13.9. The van der Waals surface area contributed by atoms with Gasteiger partial charge < -0.3 is 14.6 Å². The molecule has 1 N–H and O–H groups in total. The largest absolute Gasteiger partial charge is 0.497 e. The molecule has 0 amide bonds. The average molecular weight is 332 g/mol. The molecule has 126 valence electrons. The Kier molecular flexibility index (Phi) is 5.52. The molecule has 5 nitrogen and oxygen atoms in total. The van der Waals surface area contributed by atoms with Crippen LogP contribution in [0.4, 0.5) is 4.39 Å². The van der Waals surface area contributed by atoms with Crippen molar-refractivity contribution in [3.8, 4) is 11.5 Å². The van der Waals surface area contributed by atoms with Gasteiger partial charge in [-0.2, -0.15) is 0 Å². The van der Waals surface area contributed by atoms with E-state index in [9.17, 15) is 14.0 Å². The number of ketones is 1. The summed E-state index contributed by atoms with van der Waals surface area (Å²) in [5.74, 6) is -2.56. The van der Waals surface area contributed by atoms with Crippen LogP contribution in [0.1, 0.15) is 28.3 Å². The molecule has 2 aromatic rings. The number of carboxylic acids is 1. The van der Waals surface area contributed by atoms with Gasteiger partial charge in [-0.15, -0.1) is 0 Å². The van der Waals surface area contributed by atoms with Crippen molar-refractivity contribution in [1.29, 1.82) is 0 Å². The van der Waals surface area contributed by atoms with E-state index >= 15 is 0 Å². The van der Waals surface area contributed by atoms with Crippen molar-refractivity contribution < 1.29 is 28.6 Å². The van der Waals surface area contributed by atoms with Crippen molar-refractivity contribution in [3.05, 3.63) is 59.4 Å². The molecular formula is C18H17FO5. The van der Waals surface area contributed by atoms with Crippen LogP contribution in [-0.2, 0) is 4.79 Å². The maximum Gasteiger partial charge on any atom is 0.304 e. The van der Waals surface area contributed by atoms with E-state index in [2.05, 4.69) is 0 Å². The summed E-state index contributed by atoms with van der Waals surface area (Å²) in [5, 5.41) is 9.10. The van der Waals surface area contributed by atoms with Crippen LogP contribution in [0.3, 0.4) is 0 Å². The van der Waals surface area contributed by atoms with Crippen molar-refractivity contribution in [1.82, 2.24) is 0 Å². The first-order chi connectivity index (χ1) is 11.5. The highest BCUT2D eigenvalue weighted by Gasteiger charge is 2.26. The van der Waals surface area contributed by atoms with Crippen molar-refractivity contribution in [2.24, 2.45) is 0 Å². The van der Waals surface area contributed by atoms with E-state index in [0.717, 1.165) is 6.07 Å². The highest BCUT2D eigenvalue weighted by Crippen LogP contribution is 2.29. The fraction of sp³-hybridized carbons (Fsp3) is 0.222. The molecule has 1 unspecified atom stereocenters. The molecule has 0 aromatic heterocycles. The predicted molar refractivity (Wildman–Crippen MR) is 85.3 cm³/mol. The number of benzene rings is 2. The van der Waals surface area contributed by atoms with E-state index in [1.54, 1.807) is 24.3 Å². The maximum atomic E-state index is 13.9. The Morgan fingerprint density at radius 2 is 1.75 bits per heavy atom. The molecule has 2 aromatic carbocycles. The molecule has 0 spiro atoms. The number of hydrogen-bond donors (Lipinski definition) is 1. The van der Waals surface area contributed by atoms with Crippen LogP contribution in [0.25, 0.3) is 0 Å². The molecule has 0 fully saturated rings. The number of carboxylic acid groups (broad SMARTS) is 1. The van der Waals surface area contributed by atoms with Gasteiger partial charge in [0.1, 0.15) is 5.75 Å². The predicted octanol–water partition coefficient (Wildman–Crippen LogP) is 3.28. The number of halogens is 1. The van der Waals surface area contributed by atoms with Gasteiger partial charge in [-0.1, -0.05) is 6.07 Å². The summed E-state index contributed by atoms with van der Waals surface area (Å²) in [6, 6.07) is 10.3. The van der Waals surface area contributed by atoms with Gasteiger partial charge in [0.05, 0.1) is 26.6 Å². The molecule has 0 aliphatic carbocycles. The minimum Gasteiger partial charge on any atom is -0.497 e. The number of Topliss-reactive ketones (excluding diaryl/α,β-unsaturated/α-hetero) is 1. The topological polar surface area (TPSA) is 72.8 Å². The molecule has 6 heteroatoms. The van der Waals surface area contributed by atoms with Crippen molar-refractivity contribution in [2.75, 3.05) is 14.2 Å². The highest BCUT2D eigenvalue weighted by atomic mass is 19.1. The third-order valence-corrected chi connectivity index (χ3v) is 3.65. The van der Waals surface area contributed by atoms with Gasteiger partial charge in [0, 0.05) is 5.56 Å². The van der Waals surface area contributed by atoms with E-state index < -0.39 is 29.9 Å². The van der Waals surface area contributed by atoms with Crippen molar-refractivity contribution in [2.45, 2.75) is 12.3 Å². The number of hydrogen-bond acceptors (Lipinski definition) is 4. The Bertz CT molecular complexity index is 740. The fourth-order valence-corrected chi connectivity index (χ4v) is 2.39. The number of rotatable bonds is 7. The lowest BCUT2D eigenvalue weighted by atomic mass is 9.88. The second-order valence-corrected chi connectivity index (χ2v) is 5.14. The minimum absolute atomic E-state index is 0.0321. The SMILES string of the molecule is COc1ccc(C(=O)C(CC(=O)O)c2ccc(OC)c(F)c2)cc1. The smallest absolute Gasteiger partial charge is 0.304 e. The summed E-state index contributed by atoms with van der Waals surface area (Å²) in [7, 11) is 2.83. The van der Waals surface area contributed by atoms with Gasteiger partial charge in [-0.3, -0.25) is 9.59 Å². The first-order valence-electron chi connectivity index (χ1n) is 7.19. The normalized spacial score (nSPS) is 11.6. The lowest BCUT2D eigenvalue weighted by molar-refractivity contribution is -0.137. The van der Waals surface area contributed by atoms with E-state index in [1.165, 1.54) is 26.4 Å². The van der Waals surface area contributed by atoms with Gasteiger partial charge in [0.15, 0.2) is 17.3 Å².